The molecule has 0 saturated heterocycles. The van der Waals surface area contributed by atoms with Gasteiger partial charge in [-0.3, -0.25) is 13.9 Å². The van der Waals surface area contributed by atoms with Crippen LogP contribution in [-0.4, -0.2) is 51.0 Å². The van der Waals surface area contributed by atoms with E-state index in [0.717, 1.165) is 22.2 Å². The van der Waals surface area contributed by atoms with Gasteiger partial charge in [-0.25, -0.2) is 12.8 Å². The number of benzene rings is 2. The number of hydrogen-bond donors (Lipinski definition) is 1. The number of amides is 2. The van der Waals surface area contributed by atoms with Gasteiger partial charge in [0.1, 0.15) is 18.4 Å². The van der Waals surface area contributed by atoms with Gasteiger partial charge < -0.3 is 10.2 Å². The van der Waals surface area contributed by atoms with E-state index >= 15 is 0 Å². The molecule has 0 aliphatic carbocycles. The smallest absolute Gasteiger partial charge is 0.244 e. The highest BCUT2D eigenvalue weighted by atomic mass is 35.5. The fraction of sp³-hybridized carbons (Fsp3) is 0.333. The quantitative estimate of drug-likeness (QED) is 0.611. The zero-order valence-corrected chi connectivity index (χ0v) is 19.1. The molecule has 0 radical (unpaired) electrons. The topological polar surface area (TPSA) is 86.8 Å². The van der Waals surface area contributed by atoms with E-state index in [2.05, 4.69) is 5.32 Å². The van der Waals surface area contributed by atoms with Crippen molar-refractivity contribution in [2.75, 3.05) is 24.2 Å². The molecule has 0 bridgehead atoms. The molecule has 0 aromatic heterocycles. The van der Waals surface area contributed by atoms with Crippen LogP contribution in [0.3, 0.4) is 0 Å². The van der Waals surface area contributed by atoms with Crippen molar-refractivity contribution < 1.29 is 22.4 Å². The monoisotopic (exact) mass is 469 g/mol. The molecule has 1 atom stereocenters. The van der Waals surface area contributed by atoms with Crippen LogP contribution in [0.4, 0.5) is 10.1 Å². The maximum atomic E-state index is 13.7. The van der Waals surface area contributed by atoms with Crippen LogP contribution in [0.2, 0.25) is 5.02 Å². The van der Waals surface area contributed by atoms with E-state index < -0.39 is 34.3 Å². The van der Waals surface area contributed by atoms with Crippen LogP contribution in [0.5, 0.6) is 0 Å². The Hall–Kier alpha value is -2.65. The zero-order chi connectivity index (χ0) is 23.2. The Labute approximate surface area is 186 Å². The minimum absolute atomic E-state index is 0.0234. The third-order valence-electron chi connectivity index (χ3n) is 4.67. The Morgan fingerprint density at radius 1 is 1.16 bits per heavy atom. The molecule has 0 aliphatic rings. The second kappa shape index (κ2) is 10.6. The molecule has 0 heterocycles. The second-order valence-corrected chi connectivity index (χ2v) is 9.28. The molecule has 0 aliphatic heterocycles. The summed E-state index contributed by atoms with van der Waals surface area (Å²) in [5.74, 6) is -1.60. The highest BCUT2D eigenvalue weighted by molar-refractivity contribution is 7.92. The lowest BCUT2D eigenvalue weighted by Gasteiger charge is -2.32. The molecule has 168 valence electrons. The number of nitrogens with one attached hydrogen (secondary N) is 1. The van der Waals surface area contributed by atoms with E-state index in [0.29, 0.717) is 11.4 Å². The van der Waals surface area contributed by atoms with Crippen LogP contribution >= 0.6 is 11.6 Å². The maximum Gasteiger partial charge on any atom is 0.244 e. The number of carbonyl (C=O) groups excluding carboxylic acids is 2. The van der Waals surface area contributed by atoms with Crippen LogP contribution in [0, 0.1) is 5.82 Å². The third-order valence-corrected chi connectivity index (χ3v) is 6.07. The Bertz CT molecular complexity index is 1030. The molecule has 2 aromatic carbocycles. The molecule has 2 aromatic rings. The molecule has 2 amide bonds. The molecular formula is C21H25ClFN3O4S. The summed E-state index contributed by atoms with van der Waals surface area (Å²) in [5, 5.41) is 3.06. The SMILES string of the molecule is CC[C@@H](C(=O)NC)N(Cc1ccc(Cl)cc1)C(=O)CN(c1cccc(F)c1)S(C)(=O)=O. The number of likely N-dealkylation sites (N-methyl/N-ethyl adjacent to an activating group) is 1. The predicted molar refractivity (Wildman–Crippen MR) is 119 cm³/mol. The Morgan fingerprint density at radius 2 is 1.81 bits per heavy atom. The number of anilines is 1. The Balaban J connectivity index is 2.41. The molecule has 0 fully saturated rings. The van der Waals surface area contributed by atoms with E-state index in [-0.39, 0.29) is 18.1 Å². The van der Waals surface area contributed by atoms with Crippen LogP contribution in [0.25, 0.3) is 0 Å². The average molecular weight is 470 g/mol. The van der Waals surface area contributed by atoms with E-state index in [1.54, 1.807) is 31.2 Å². The van der Waals surface area contributed by atoms with Gasteiger partial charge in [-0.1, -0.05) is 36.7 Å². The summed E-state index contributed by atoms with van der Waals surface area (Å²) in [4.78, 5) is 27.0. The summed E-state index contributed by atoms with van der Waals surface area (Å²) in [7, 11) is -2.44. The first kappa shape index (κ1) is 24.6. The molecular weight excluding hydrogens is 445 g/mol. The van der Waals surface area contributed by atoms with Crippen LogP contribution in [0.1, 0.15) is 18.9 Å². The van der Waals surface area contributed by atoms with Crippen molar-refractivity contribution in [3.63, 3.8) is 0 Å². The van der Waals surface area contributed by atoms with Crippen LogP contribution in [-0.2, 0) is 26.2 Å². The van der Waals surface area contributed by atoms with Gasteiger partial charge in [-0.2, -0.15) is 0 Å². The Morgan fingerprint density at radius 3 is 2.32 bits per heavy atom. The molecule has 7 nitrogen and oxygen atoms in total. The Kier molecular flexibility index (Phi) is 8.41. The molecule has 10 heteroatoms. The minimum atomic E-state index is -3.90. The molecule has 0 saturated carbocycles. The molecule has 0 unspecified atom stereocenters. The van der Waals surface area contributed by atoms with Crippen molar-refractivity contribution in [1.82, 2.24) is 10.2 Å². The van der Waals surface area contributed by atoms with Crippen molar-refractivity contribution in [1.29, 1.82) is 0 Å². The van der Waals surface area contributed by atoms with Gasteiger partial charge in [0.25, 0.3) is 0 Å². The lowest BCUT2D eigenvalue weighted by Crippen LogP contribution is -2.51. The third kappa shape index (κ3) is 6.67. The summed E-state index contributed by atoms with van der Waals surface area (Å²) in [6.45, 7) is 1.25. The summed E-state index contributed by atoms with van der Waals surface area (Å²) < 4.78 is 39.2. The van der Waals surface area contributed by atoms with E-state index in [4.69, 9.17) is 11.6 Å². The lowest BCUT2D eigenvalue weighted by atomic mass is 10.1. The first-order valence-corrected chi connectivity index (χ1v) is 11.8. The normalized spacial score (nSPS) is 12.2. The number of rotatable bonds is 9. The fourth-order valence-electron chi connectivity index (χ4n) is 3.12. The first-order valence-electron chi connectivity index (χ1n) is 9.55. The minimum Gasteiger partial charge on any atom is -0.357 e. The predicted octanol–water partition coefficient (Wildman–Crippen LogP) is 2.80. The number of hydrogen-bond acceptors (Lipinski definition) is 4. The summed E-state index contributed by atoms with van der Waals surface area (Å²) in [6.07, 6.45) is 1.25. The fourth-order valence-corrected chi connectivity index (χ4v) is 4.09. The molecule has 31 heavy (non-hydrogen) atoms. The molecule has 1 N–H and O–H groups in total. The highest BCUT2D eigenvalue weighted by Gasteiger charge is 2.31. The van der Waals surface area contributed by atoms with Crippen molar-refractivity contribution in [3.05, 3.63) is 64.9 Å². The molecule has 0 spiro atoms. The van der Waals surface area contributed by atoms with Crippen LogP contribution < -0.4 is 9.62 Å². The largest absolute Gasteiger partial charge is 0.357 e. The molecule has 2 rings (SSSR count). The van der Waals surface area contributed by atoms with Gasteiger partial charge in [-0.05, 0) is 42.3 Å². The lowest BCUT2D eigenvalue weighted by molar-refractivity contribution is -0.140. The summed E-state index contributed by atoms with van der Waals surface area (Å²) >= 11 is 5.92. The zero-order valence-electron chi connectivity index (χ0n) is 17.5. The highest BCUT2D eigenvalue weighted by Crippen LogP contribution is 2.21. The van der Waals surface area contributed by atoms with Crippen LogP contribution in [0.15, 0.2) is 48.5 Å². The van der Waals surface area contributed by atoms with Gasteiger partial charge in [0.15, 0.2) is 0 Å². The van der Waals surface area contributed by atoms with E-state index in [1.165, 1.54) is 30.1 Å². The number of halogens is 2. The second-order valence-electron chi connectivity index (χ2n) is 6.94. The van der Waals surface area contributed by atoms with Gasteiger partial charge in [0.2, 0.25) is 21.8 Å². The van der Waals surface area contributed by atoms with Crippen molar-refractivity contribution in [3.8, 4) is 0 Å². The van der Waals surface area contributed by atoms with E-state index in [9.17, 15) is 22.4 Å². The first-order chi connectivity index (χ1) is 14.6. The number of sulfonamides is 1. The van der Waals surface area contributed by atoms with Gasteiger partial charge in [-0.15, -0.1) is 0 Å². The van der Waals surface area contributed by atoms with Gasteiger partial charge >= 0.3 is 0 Å². The number of carbonyl (C=O) groups is 2. The summed E-state index contributed by atoms with van der Waals surface area (Å²) in [6, 6.07) is 10.9. The maximum absolute atomic E-state index is 13.7. The summed E-state index contributed by atoms with van der Waals surface area (Å²) in [5.41, 5.74) is 0.743. The average Bonchev–Trinajstić information content (AvgIpc) is 2.72. The standard InChI is InChI=1S/C21H25ClFN3O4S/c1-4-19(21(28)24-2)25(13-15-8-10-16(22)11-9-15)20(27)14-26(31(3,29)30)18-7-5-6-17(23)12-18/h5-12,19H,4,13-14H2,1-3H3,(H,24,28)/t19-/m0/s1. The number of nitrogens with zero attached hydrogens (tertiary/aromatic N) is 2. The van der Waals surface area contributed by atoms with Crippen molar-refractivity contribution >= 4 is 39.1 Å². The van der Waals surface area contributed by atoms with Crippen molar-refractivity contribution in [2.24, 2.45) is 0 Å². The van der Waals surface area contributed by atoms with Gasteiger partial charge in [0.05, 0.1) is 11.9 Å². The van der Waals surface area contributed by atoms with E-state index in [1.807, 2.05) is 0 Å². The van der Waals surface area contributed by atoms with Crippen molar-refractivity contribution in [2.45, 2.75) is 25.9 Å². The van der Waals surface area contributed by atoms with Gasteiger partial charge in [0, 0.05) is 18.6 Å².